The molecule has 0 saturated carbocycles. The highest BCUT2D eigenvalue weighted by atomic mass is 16.5. The number of rotatable bonds is 10. The molecule has 1 atom stereocenters. The largest absolute Gasteiger partial charge is 0.378 e. The summed E-state index contributed by atoms with van der Waals surface area (Å²) < 4.78 is 5.69. The van der Waals surface area contributed by atoms with Crippen LogP contribution in [0.15, 0.2) is 0 Å². The fourth-order valence-corrected chi connectivity index (χ4v) is 2.81. The molecule has 0 aromatic heterocycles. The van der Waals surface area contributed by atoms with Crippen molar-refractivity contribution in [2.24, 2.45) is 0 Å². The van der Waals surface area contributed by atoms with Crippen molar-refractivity contribution in [3.05, 3.63) is 0 Å². The van der Waals surface area contributed by atoms with Gasteiger partial charge in [-0.05, 0) is 33.1 Å². The summed E-state index contributed by atoms with van der Waals surface area (Å²) in [7, 11) is 0. The third-order valence-electron chi connectivity index (χ3n) is 4.10. The van der Waals surface area contributed by atoms with Gasteiger partial charge in [-0.2, -0.15) is 0 Å². The Morgan fingerprint density at radius 2 is 1.95 bits per heavy atom. The molecule has 3 nitrogen and oxygen atoms in total. The quantitative estimate of drug-likeness (QED) is 0.618. The lowest BCUT2D eigenvalue weighted by atomic mass is 10.1. The van der Waals surface area contributed by atoms with Gasteiger partial charge >= 0.3 is 0 Å². The lowest BCUT2D eigenvalue weighted by Gasteiger charge is -2.32. The van der Waals surface area contributed by atoms with E-state index in [2.05, 4.69) is 31.0 Å². The van der Waals surface area contributed by atoms with E-state index in [9.17, 15) is 0 Å². The molecule has 1 rings (SSSR count). The van der Waals surface area contributed by atoms with E-state index in [0.717, 1.165) is 13.2 Å². The Hall–Kier alpha value is -0.120. The monoisotopic (exact) mass is 270 g/mol. The smallest absolute Gasteiger partial charge is 0.0599 e. The minimum Gasteiger partial charge on any atom is -0.378 e. The minimum absolute atomic E-state index is 0.516. The van der Waals surface area contributed by atoms with Crippen LogP contribution in [0.3, 0.4) is 0 Å². The van der Waals surface area contributed by atoms with Crippen molar-refractivity contribution in [2.45, 2.75) is 71.4 Å². The first-order valence-electron chi connectivity index (χ1n) is 8.33. The highest BCUT2D eigenvalue weighted by molar-refractivity contribution is 4.73. The zero-order valence-electron chi connectivity index (χ0n) is 13.3. The number of piperidine rings is 1. The van der Waals surface area contributed by atoms with Crippen LogP contribution in [0.1, 0.15) is 59.3 Å². The number of hydrogen-bond donors (Lipinski definition) is 1. The predicted molar refractivity (Wildman–Crippen MR) is 82.7 cm³/mol. The molecule has 1 fully saturated rings. The van der Waals surface area contributed by atoms with Crippen LogP contribution in [0.4, 0.5) is 0 Å². The summed E-state index contributed by atoms with van der Waals surface area (Å²) in [5.41, 5.74) is 0. The van der Waals surface area contributed by atoms with E-state index in [1.807, 2.05) is 0 Å². The van der Waals surface area contributed by atoms with Crippen LogP contribution in [0.5, 0.6) is 0 Å². The maximum absolute atomic E-state index is 5.69. The van der Waals surface area contributed by atoms with E-state index < -0.39 is 0 Å². The second-order valence-electron chi connectivity index (χ2n) is 5.85. The topological polar surface area (TPSA) is 24.5 Å². The Kier molecular flexibility index (Phi) is 9.48. The Bertz CT molecular complexity index is 203. The molecule has 19 heavy (non-hydrogen) atoms. The third kappa shape index (κ3) is 7.91. The van der Waals surface area contributed by atoms with E-state index in [1.165, 1.54) is 58.2 Å². The number of unbranched alkanes of at least 4 members (excludes halogenated alkanes) is 2. The zero-order chi connectivity index (χ0) is 13.9. The first-order chi connectivity index (χ1) is 9.26. The van der Waals surface area contributed by atoms with Crippen molar-refractivity contribution in [2.75, 3.05) is 32.8 Å². The van der Waals surface area contributed by atoms with Gasteiger partial charge in [-0.1, -0.05) is 26.2 Å². The van der Waals surface area contributed by atoms with Crippen molar-refractivity contribution in [3.63, 3.8) is 0 Å². The van der Waals surface area contributed by atoms with Crippen molar-refractivity contribution in [3.8, 4) is 0 Å². The van der Waals surface area contributed by atoms with Gasteiger partial charge in [-0.15, -0.1) is 0 Å². The maximum atomic E-state index is 5.69. The van der Waals surface area contributed by atoms with E-state index in [-0.39, 0.29) is 0 Å². The molecule has 0 spiro atoms. The van der Waals surface area contributed by atoms with Crippen molar-refractivity contribution in [1.82, 2.24) is 10.2 Å². The summed E-state index contributed by atoms with van der Waals surface area (Å²) in [6.45, 7) is 12.3. The molecule has 1 aliphatic rings. The molecule has 1 saturated heterocycles. The normalized spacial score (nSPS) is 19.7. The first-order valence-corrected chi connectivity index (χ1v) is 8.33. The van der Waals surface area contributed by atoms with Crippen LogP contribution < -0.4 is 5.32 Å². The number of nitrogens with zero attached hydrogens (tertiary/aromatic N) is 1. The summed E-state index contributed by atoms with van der Waals surface area (Å²) in [5, 5.41) is 3.65. The Morgan fingerprint density at radius 1 is 1.21 bits per heavy atom. The first kappa shape index (κ1) is 16.9. The van der Waals surface area contributed by atoms with Crippen LogP contribution in [-0.2, 0) is 4.74 Å². The highest BCUT2D eigenvalue weighted by Gasteiger charge is 2.18. The van der Waals surface area contributed by atoms with Crippen LogP contribution in [-0.4, -0.2) is 49.8 Å². The standard InChI is InChI=1S/C16H34N2O/c1-4-6-7-8-15(3)17-11-14-18-12-9-16(10-13-18)19-5-2/h15-17H,4-14H2,1-3H3. The van der Waals surface area contributed by atoms with Gasteiger partial charge < -0.3 is 15.0 Å². The van der Waals surface area contributed by atoms with Crippen molar-refractivity contribution in [1.29, 1.82) is 0 Å². The van der Waals surface area contributed by atoms with Gasteiger partial charge in [0, 0.05) is 38.8 Å². The number of nitrogens with one attached hydrogen (secondary N) is 1. The van der Waals surface area contributed by atoms with Gasteiger partial charge in [0.1, 0.15) is 0 Å². The molecule has 0 amide bonds. The second kappa shape index (κ2) is 10.6. The predicted octanol–water partition coefficient (Wildman–Crippen LogP) is 3.05. The molecule has 1 N–H and O–H groups in total. The van der Waals surface area contributed by atoms with Gasteiger partial charge in [0.05, 0.1) is 6.10 Å². The maximum Gasteiger partial charge on any atom is 0.0599 e. The van der Waals surface area contributed by atoms with Gasteiger partial charge in [0.2, 0.25) is 0 Å². The zero-order valence-corrected chi connectivity index (χ0v) is 13.3. The Morgan fingerprint density at radius 3 is 2.58 bits per heavy atom. The van der Waals surface area contributed by atoms with E-state index in [4.69, 9.17) is 4.74 Å². The molecule has 1 aliphatic heterocycles. The molecule has 114 valence electrons. The van der Waals surface area contributed by atoms with Gasteiger partial charge in [0.25, 0.3) is 0 Å². The highest BCUT2D eigenvalue weighted by Crippen LogP contribution is 2.13. The summed E-state index contributed by atoms with van der Waals surface area (Å²) in [6.07, 6.45) is 8.31. The molecule has 0 aromatic carbocycles. The Labute approximate surface area is 120 Å². The lowest BCUT2D eigenvalue weighted by molar-refractivity contribution is 0.0144. The van der Waals surface area contributed by atoms with Crippen LogP contribution >= 0.6 is 0 Å². The van der Waals surface area contributed by atoms with Crippen LogP contribution in [0.2, 0.25) is 0 Å². The molecule has 0 bridgehead atoms. The lowest BCUT2D eigenvalue weighted by Crippen LogP contribution is -2.41. The van der Waals surface area contributed by atoms with Crippen molar-refractivity contribution < 1.29 is 4.74 Å². The molecule has 0 radical (unpaired) electrons. The number of ether oxygens (including phenoxy) is 1. The molecular weight excluding hydrogens is 236 g/mol. The summed E-state index contributed by atoms with van der Waals surface area (Å²) in [6, 6.07) is 0.674. The molecule has 1 heterocycles. The van der Waals surface area contributed by atoms with E-state index >= 15 is 0 Å². The third-order valence-corrected chi connectivity index (χ3v) is 4.10. The van der Waals surface area contributed by atoms with E-state index in [0.29, 0.717) is 12.1 Å². The Balaban J connectivity index is 1.98. The number of hydrogen-bond acceptors (Lipinski definition) is 3. The molecule has 1 unspecified atom stereocenters. The van der Waals surface area contributed by atoms with Gasteiger partial charge in [0.15, 0.2) is 0 Å². The fraction of sp³-hybridized carbons (Fsp3) is 1.00. The molecular formula is C16H34N2O. The van der Waals surface area contributed by atoms with E-state index in [1.54, 1.807) is 0 Å². The minimum atomic E-state index is 0.516. The van der Waals surface area contributed by atoms with Gasteiger partial charge in [-0.3, -0.25) is 0 Å². The average Bonchev–Trinajstić information content (AvgIpc) is 2.41. The van der Waals surface area contributed by atoms with Gasteiger partial charge in [-0.25, -0.2) is 0 Å². The van der Waals surface area contributed by atoms with Crippen LogP contribution in [0.25, 0.3) is 0 Å². The summed E-state index contributed by atoms with van der Waals surface area (Å²) in [5.74, 6) is 0. The molecule has 0 aliphatic carbocycles. The number of likely N-dealkylation sites (tertiary alicyclic amines) is 1. The summed E-state index contributed by atoms with van der Waals surface area (Å²) >= 11 is 0. The second-order valence-corrected chi connectivity index (χ2v) is 5.85. The summed E-state index contributed by atoms with van der Waals surface area (Å²) in [4.78, 5) is 2.57. The van der Waals surface area contributed by atoms with Crippen LogP contribution in [0, 0.1) is 0 Å². The molecule has 0 aromatic rings. The average molecular weight is 270 g/mol. The van der Waals surface area contributed by atoms with Crippen molar-refractivity contribution >= 4 is 0 Å². The SMILES string of the molecule is CCCCCC(C)NCCN1CCC(OCC)CC1. The fourth-order valence-electron chi connectivity index (χ4n) is 2.81. The molecule has 3 heteroatoms.